The van der Waals surface area contributed by atoms with E-state index in [-0.39, 0.29) is 24.5 Å². The van der Waals surface area contributed by atoms with Gasteiger partial charge in [-0.05, 0) is 31.0 Å². The van der Waals surface area contributed by atoms with E-state index in [1.807, 2.05) is 35.0 Å². The number of fused-ring (bicyclic) bond motifs is 1. The fourth-order valence-corrected chi connectivity index (χ4v) is 3.14. The van der Waals surface area contributed by atoms with Crippen molar-refractivity contribution >= 4 is 34.4 Å². The summed E-state index contributed by atoms with van der Waals surface area (Å²) in [6.45, 7) is 0.893. The van der Waals surface area contributed by atoms with Gasteiger partial charge in [0.1, 0.15) is 12.6 Å². The molecule has 4 rings (SSSR count). The molecule has 1 unspecified atom stereocenters. The summed E-state index contributed by atoms with van der Waals surface area (Å²) in [6.07, 6.45) is 3.71. The van der Waals surface area contributed by atoms with E-state index in [4.69, 9.17) is 16.3 Å². The number of carbonyl (C=O) groups excluding carboxylic acids is 1. The zero-order valence-electron chi connectivity index (χ0n) is 12.8. The molecule has 24 heavy (non-hydrogen) atoms. The molecule has 124 valence electrons. The fourth-order valence-electron chi connectivity index (χ4n) is 2.91. The Bertz CT molecular complexity index is 882. The summed E-state index contributed by atoms with van der Waals surface area (Å²) in [6, 6.07) is 7.51. The molecule has 2 N–H and O–H groups in total. The Labute approximate surface area is 143 Å². The SMILES string of the molecule is O=C(Cn1ccc2c(Cl)cccc21)Nc1n[nH]c(C2CCCO2)n1. The number of carbonyl (C=O) groups is 1. The topological polar surface area (TPSA) is 84.8 Å². The summed E-state index contributed by atoms with van der Waals surface area (Å²) in [5.41, 5.74) is 0.910. The van der Waals surface area contributed by atoms with Crippen LogP contribution in [0.1, 0.15) is 24.8 Å². The van der Waals surface area contributed by atoms with E-state index in [2.05, 4.69) is 20.5 Å². The molecule has 1 aliphatic rings. The highest BCUT2D eigenvalue weighted by molar-refractivity contribution is 6.35. The Hall–Kier alpha value is -2.38. The van der Waals surface area contributed by atoms with Crippen LogP contribution in [0.3, 0.4) is 0 Å². The monoisotopic (exact) mass is 345 g/mol. The van der Waals surface area contributed by atoms with E-state index in [1.165, 1.54) is 0 Å². The van der Waals surface area contributed by atoms with Gasteiger partial charge in [-0.3, -0.25) is 15.2 Å². The minimum atomic E-state index is -0.203. The van der Waals surface area contributed by atoms with Crippen LogP contribution in [-0.4, -0.2) is 32.3 Å². The van der Waals surface area contributed by atoms with Crippen LogP contribution in [0.5, 0.6) is 0 Å². The number of hydrogen-bond acceptors (Lipinski definition) is 4. The van der Waals surface area contributed by atoms with Crippen LogP contribution in [0.2, 0.25) is 5.02 Å². The average Bonchev–Trinajstić information content (AvgIpc) is 3.28. The molecule has 0 bridgehead atoms. The van der Waals surface area contributed by atoms with Crippen molar-refractivity contribution in [3.8, 4) is 0 Å². The summed E-state index contributed by atoms with van der Waals surface area (Å²) in [7, 11) is 0. The smallest absolute Gasteiger partial charge is 0.248 e. The van der Waals surface area contributed by atoms with Crippen molar-refractivity contribution < 1.29 is 9.53 Å². The molecular weight excluding hydrogens is 330 g/mol. The minimum Gasteiger partial charge on any atom is -0.370 e. The number of hydrogen-bond donors (Lipinski definition) is 2. The van der Waals surface area contributed by atoms with Crippen molar-refractivity contribution in [2.24, 2.45) is 0 Å². The van der Waals surface area contributed by atoms with Crippen molar-refractivity contribution in [1.82, 2.24) is 19.7 Å². The summed E-state index contributed by atoms with van der Waals surface area (Å²) in [4.78, 5) is 16.5. The minimum absolute atomic E-state index is 0.0568. The molecule has 8 heteroatoms. The van der Waals surface area contributed by atoms with Crippen molar-refractivity contribution in [1.29, 1.82) is 0 Å². The molecule has 2 aromatic heterocycles. The molecule has 1 saturated heterocycles. The number of aromatic amines is 1. The van der Waals surface area contributed by atoms with Crippen LogP contribution < -0.4 is 5.32 Å². The lowest BCUT2D eigenvalue weighted by molar-refractivity contribution is -0.116. The molecule has 1 aliphatic heterocycles. The van der Waals surface area contributed by atoms with E-state index >= 15 is 0 Å². The second-order valence-electron chi connectivity index (χ2n) is 5.71. The first kappa shape index (κ1) is 15.2. The first-order chi connectivity index (χ1) is 11.7. The van der Waals surface area contributed by atoms with Crippen molar-refractivity contribution in [3.05, 3.63) is 41.3 Å². The van der Waals surface area contributed by atoms with E-state index in [9.17, 15) is 4.79 Å². The quantitative estimate of drug-likeness (QED) is 0.761. The van der Waals surface area contributed by atoms with Gasteiger partial charge in [-0.2, -0.15) is 4.98 Å². The van der Waals surface area contributed by atoms with Gasteiger partial charge in [0.25, 0.3) is 0 Å². The van der Waals surface area contributed by atoms with Gasteiger partial charge >= 0.3 is 0 Å². The predicted molar refractivity (Wildman–Crippen MR) is 89.9 cm³/mol. The molecule has 1 fully saturated rings. The molecule has 1 amide bonds. The molecule has 0 spiro atoms. The van der Waals surface area contributed by atoms with E-state index in [1.54, 1.807) is 0 Å². The second-order valence-corrected chi connectivity index (χ2v) is 6.12. The summed E-state index contributed by atoms with van der Waals surface area (Å²) < 4.78 is 7.38. The lowest BCUT2D eigenvalue weighted by atomic mass is 10.2. The van der Waals surface area contributed by atoms with E-state index in [0.717, 1.165) is 30.4 Å². The average molecular weight is 346 g/mol. The maximum atomic E-state index is 12.2. The number of halogens is 1. The molecule has 3 aromatic rings. The Balaban J connectivity index is 1.45. The lowest BCUT2D eigenvalue weighted by Gasteiger charge is -2.05. The van der Waals surface area contributed by atoms with Crippen LogP contribution in [0.15, 0.2) is 30.5 Å². The van der Waals surface area contributed by atoms with Crippen molar-refractivity contribution in [2.45, 2.75) is 25.5 Å². The number of nitrogens with zero attached hydrogens (tertiary/aromatic N) is 3. The zero-order valence-corrected chi connectivity index (χ0v) is 13.6. The molecular formula is C16H16ClN5O2. The highest BCUT2D eigenvalue weighted by Crippen LogP contribution is 2.26. The third-order valence-corrected chi connectivity index (χ3v) is 4.39. The van der Waals surface area contributed by atoms with Gasteiger partial charge in [0.15, 0.2) is 5.82 Å². The normalized spacial score (nSPS) is 17.5. The molecule has 7 nitrogen and oxygen atoms in total. The van der Waals surface area contributed by atoms with Gasteiger partial charge in [0, 0.05) is 28.7 Å². The number of rotatable bonds is 4. The highest BCUT2D eigenvalue weighted by atomic mass is 35.5. The largest absolute Gasteiger partial charge is 0.370 e. The fraction of sp³-hybridized carbons (Fsp3) is 0.312. The maximum Gasteiger partial charge on any atom is 0.248 e. The number of aromatic nitrogens is 4. The van der Waals surface area contributed by atoms with Crippen LogP contribution in [0.4, 0.5) is 5.95 Å². The maximum absolute atomic E-state index is 12.2. The van der Waals surface area contributed by atoms with E-state index < -0.39 is 0 Å². The van der Waals surface area contributed by atoms with Crippen LogP contribution in [0.25, 0.3) is 10.9 Å². The summed E-state index contributed by atoms with van der Waals surface area (Å²) >= 11 is 6.15. The molecule has 0 radical (unpaired) electrons. The van der Waals surface area contributed by atoms with Crippen LogP contribution in [0, 0.1) is 0 Å². The third kappa shape index (κ3) is 2.88. The van der Waals surface area contributed by atoms with Gasteiger partial charge in [0.05, 0.1) is 0 Å². The summed E-state index contributed by atoms with van der Waals surface area (Å²) in [5.74, 6) is 0.714. The number of benzene rings is 1. The number of H-pyrrole nitrogens is 1. The predicted octanol–water partition coefficient (Wildman–Crippen LogP) is 2.90. The van der Waals surface area contributed by atoms with Gasteiger partial charge in [-0.25, -0.2) is 0 Å². The summed E-state index contributed by atoms with van der Waals surface area (Å²) in [5, 5.41) is 11.1. The third-order valence-electron chi connectivity index (χ3n) is 4.06. The Kier molecular flexibility index (Phi) is 3.95. The zero-order chi connectivity index (χ0) is 16.5. The van der Waals surface area contributed by atoms with Crippen molar-refractivity contribution in [2.75, 3.05) is 11.9 Å². The molecule has 3 heterocycles. The van der Waals surface area contributed by atoms with Gasteiger partial charge < -0.3 is 9.30 Å². The van der Waals surface area contributed by atoms with Gasteiger partial charge in [-0.15, -0.1) is 5.10 Å². The first-order valence-corrected chi connectivity index (χ1v) is 8.15. The number of ether oxygens (including phenoxy) is 1. The number of nitrogens with one attached hydrogen (secondary N) is 2. The highest BCUT2D eigenvalue weighted by Gasteiger charge is 2.21. The van der Waals surface area contributed by atoms with Gasteiger partial charge in [-0.1, -0.05) is 17.7 Å². The molecule has 1 atom stereocenters. The van der Waals surface area contributed by atoms with Crippen LogP contribution >= 0.6 is 11.6 Å². The number of anilines is 1. The first-order valence-electron chi connectivity index (χ1n) is 7.78. The standard InChI is InChI=1S/C16H16ClN5O2/c17-11-3-1-4-12-10(11)6-7-22(12)9-14(23)18-16-19-15(20-21-16)13-5-2-8-24-13/h1,3-4,6-7,13H,2,5,8-9H2,(H2,18,19,20,21,23). The molecule has 0 aliphatic carbocycles. The molecule has 1 aromatic carbocycles. The second kappa shape index (κ2) is 6.26. The van der Waals surface area contributed by atoms with Gasteiger partial charge in [0.2, 0.25) is 11.9 Å². The Morgan fingerprint density at radius 1 is 1.46 bits per heavy atom. The van der Waals surface area contributed by atoms with Crippen molar-refractivity contribution in [3.63, 3.8) is 0 Å². The Morgan fingerprint density at radius 3 is 3.21 bits per heavy atom. The Morgan fingerprint density at radius 2 is 2.38 bits per heavy atom. The molecule has 0 saturated carbocycles. The lowest BCUT2D eigenvalue weighted by Crippen LogP contribution is -2.19. The van der Waals surface area contributed by atoms with Crippen LogP contribution in [-0.2, 0) is 16.1 Å². The number of amides is 1. The van der Waals surface area contributed by atoms with E-state index in [0.29, 0.717) is 10.8 Å².